The van der Waals surface area contributed by atoms with Crippen LogP contribution in [0.5, 0.6) is 5.75 Å². The van der Waals surface area contributed by atoms with E-state index in [-0.39, 0.29) is 11.7 Å². The van der Waals surface area contributed by atoms with Crippen LogP contribution in [0.1, 0.15) is 38.2 Å². The molecular formula is C17H24N2O2. The minimum Gasteiger partial charge on any atom is -0.508 e. The Labute approximate surface area is 126 Å². The Kier molecular flexibility index (Phi) is 4.15. The van der Waals surface area contributed by atoms with Gasteiger partial charge in [-0.15, -0.1) is 0 Å². The van der Waals surface area contributed by atoms with Gasteiger partial charge in [0.05, 0.1) is 6.42 Å². The molecule has 2 aliphatic heterocycles. The van der Waals surface area contributed by atoms with E-state index in [0.717, 1.165) is 24.9 Å². The van der Waals surface area contributed by atoms with Crippen molar-refractivity contribution in [3.05, 3.63) is 29.8 Å². The predicted molar refractivity (Wildman–Crippen MR) is 82.2 cm³/mol. The molecule has 2 saturated heterocycles. The van der Waals surface area contributed by atoms with E-state index < -0.39 is 0 Å². The Morgan fingerprint density at radius 1 is 1.33 bits per heavy atom. The monoisotopic (exact) mass is 288 g/mol. The molecule has 1 aromatic rings. The van der Waals surface area contributed by atoms with Crippen LogP contribution in [0.15, 0.2) is 24.3 Å². The summed E-state index contributed by atoms with van der Waals surface area (Å²) in [5.74, 6) is 0.401. The maximum Gasteiger partial charge on any atom is 0.227 e. The zero-order valence-electron chi connectivity index (χ0n) is 12.6. The molecule has 2 aliphatic rings. The van der Waals surface area contributed by atoms with E-state index in [1.54, 1.807) is 18.2 Å². The fourth-order valence-corrected chi connectivity index (χ4v) is 3.86. The third-order valence-electron chi connectivity index (χ3n) is 4.82. The summed E-state index contributed by atoms with van der Waals surface area (Å²) >= 11 is 0. The van der Waals surface area contributed by atoms with Gasteiger partial charge in [-0.2, -0.15) is 0 Å². The summed E-state index contributed by atoms with van der Waals surface area (Å²) in [6.45, 7) is 2.83. The molecule has 2 unspecified atom stereocenters. The van der Waals surface area contributed by atoms with Gasteiger partial charge in [-0.3, -0.25) is 4.79 Å². The number of phenolic OH excluding ortho intramolecular Hbond substituents is 1. The maximum absolute atomic E-state index is 12.6. The van der Waals surface area contributed by atoms with Crippen molar-refractivity contribution in [3.8, 4) is 5.75 Å². The first kappa shape index (κ1) is 14.4. The van der Waals surface area contributed by atoms with Gasteiger partial charge in [0, 0.05) is 24.7 Å². The van der Waals surface area contributed by atoms with Crippen LogP contribution >= 0.6 is 0 Å². The number of carbonyl (C=O) groups excluding carboxylic acids is 1. The number of hydrogen-bond donors (Lipinski definition) is 2. The first-order valence-electron chi connectivity index (χ1n) is 7.99. The third kappa shape index (κ3) is 3.21. The Balaban J connectivity index is 1.66. The lowest BCUT2D eigenvalue weighted by atomic mass is 9.97. The van der Waals surface area contributed by atoms with Gasteiger partial charge >= 0.3 is 0 Å². The molecule has 4 nitrogen and oxygen atoms in total. The van der Waals surface area contributed by atoms with Gasteiger partial charge in [-0.05, 0) is 50.3 Å². The summed E-state index contributed by atoms with van der Waals surface area (Å²) in [6.07, 6.45) is 5.03. The third-order valence-corrected chi connectivity index (χ3v) is 4.82. The Bertz CT molecular complexity index is 505. The minimum atomic E-state index is 0.175. The van der Waals surface area contributed by atoms with Gasteiger partial charge in [-0.1, -0.05) is 12.1 Å². The highest BCUT2D eigenvalue weighted by atomic mass is 16.3. The number of amides is 1. The second-order valence-electron chi connectivity index (χ2n) is 6.29. The van der Waals surface area contributed by atoms with Crippen molar-refractivity contribution in [3.63, 3.8) is 0 Å². The van der Waals surface area contributed by atoms with Gasteiger partial charge in [0.25, 0.3) is 0 Å². The Hall–Kier alpha value is -1.55. The van der Waals surface area contributed by atoms with Crippen LogP contribution in [0.4, 0.5) is 0 Å². The number of nitrogens with zero attached hydrogens (tertiary/aromatic N) is 1. The number of rotatable bonds is 4. The molecule has 0 saturated carbocycles. The van der Waals surface area contributed by atoms with Crippen LogP contribution in [0.25, 0.3) is 0 Å². The van der Waals surface area contributed by atoms with Crippen molar-refractivity contribution >= 4 is 5.91 Å². The minimum absolute atomic E-state index is 0.175. The molecular weight excluding hydrogens is 264 g/mol. The molecule has 21 heavy (non-hydrogen) atoms. The molecule has 0 aromatic heterocycles. The van der Waals surface area contributed by atoms with Crippen molar-refractivity contribution in [2.45, 2.75) is 57.2 Å². The molecule has 2 fully saturated rings. The lowest BCUT2D eigenvalue weighted by molar-refractivity contribution is -0.133. The lowest BCUT2D eigenvalue weighted by Crippen LogP contribution is -2.50. The number of benzene rings is 1. The normalized spacial score (nSPS) is 27.6. The zero-order chi connectivity index (χ0) is 14.8. The first-order chi connectivity index (χ1) is 10.2. The molecule has 1 amide bonds. The van der Waals surface area contributed by atoms with Crippen molar-refractivity contribution in [1.29, 1.82) is 0 Å². The largest absolute Gasteiger partial charge is 0.508 e. The molecule has 1 aromatic carbocycles. The average molecular weight is 288 g/mol. The van der Waals surface area contributed by atoms with Gasteiger partial charge < -0.3 is 15.3 Å². The van der Waals surface area contributed by atoms with Crippen LogP contribution in [0.2, 0.25) is 0 Å². The molecule has 0 spiro atoms. The second-order valence-corrected chi connectivity index (χ2v) is 6.29. The average Bonchev–Trinajstić information content (AvgIpc) is 2.78. The van der Waals surface area contributed by atoms with E-state index in [1.807, 2.05) is 11.0 Å². The molecule has 114 valence electrons. The first-order valence-corrected chi connectivity index (χ1v) is 7.99. The van der Waals surface area contributed by atoms with Gasteiger partial charge in [0.1, 0.15) is 5.75 Å². The Morgan fingerprint density at radius 3 is 2.67 bits per heavy atom. The summed E-state index contributed by atoms with van der Waals surface area (Å²) in [6, 6.07) is 8.57. The van der Waals surface area contributed by atoms with E-state index in [1.165, 1.54) is 12.8 Å². The summed E-state index contributed by atoms with van der Waals surface area (Å²) in [4.78, 5) is 14.6. The molecule has 2 heterocycles. The van der Waals surface area contributed by atoms with Crippen molar-refractivity contribution < 1.29 is 9.90 Å². The van der Waals surface area contributed by atoms with E-state index in [9.17, 15) is 9.90 Å². The number of hydrogen-bond acceptors (Lipinski definition) is 3. The fourth-order valence-electron chi connectivity index (χ4n) is 3.86. The van der Waals surface area contributed by atoms with Crippen LogP contribution in [0.3, 0.4) is 0 Å². The number of likely N-dealkylation sites (N-methyl/N-ethyl adjacent to an activating group) is 1. The molecule has 3 rings (SSSR count). The molecule has 4 heteroatoms. The number of aromatic hydroxyl groups is 1. The van der Waals surface area contributed by atoms with E-state index in [2.05, 4.69) is 12.2 Å². The molecule has 0 aliphatic carbocycles. The molecule has 2 bridgehead atoms. The number of phenols is 1. The van der Waals surface area contributed by atoms with Crippen molar-refractivity contribution in [2.75, 3.05) is 6.54 Å². The van der Waals surface area contributed by atoms with E-state index >= 15 is 0 Å². The van der Waals surface area contributed by atoms with Gasteiger partial charge in [0.15, 0.2) is 0 Å². The summed E-state index contributed by atoms with van der Waals surface area (Å²) in [5.41, 5.74) is 0.885. The molecule has 2 N–H and O–H groups in total. The second kappa shape index (κ2) is 6.06. The quantitative estimate of drug-likeness (QED) is 0.892. The van der Waals surface area contributed by atoms with E-state index in [0.29, 0.717) is 24.5 Å². The van der Waals surface area contributed by atoms with Crippen LogP contribution < -0.4 is 5.32 Å². The lowest BCUT2D eigenvalue weighted by Gasteiger charge is -2.37. The number of fused-ring (bicyclic) bond motifs is 2. The van der Waals surface area contributed by atoms with Crippen LogP contribution in [-0.2, 0) is 11.2 Å². The SMILES string of the molecule is CCN(C(=O)Cc1cccc(O)c1)C1CC2CCC(C1)N2. The Morgan fingerprint density at radius 2 is 2.05 bits per heavy atom. The predicted octanol–water partition coefficient (Wildman–Crippen LogP) is 2.07. The fraction of sp³-hybridized carbons (Fsp3) is 0.588. The maximum atomic E-state index is 12.6. The smallest absolute Gasteiger partial charge is 0.227 e. The number of nitrogens with one attached hydrogen (secondary N) is 1. The standard InChI is InChI=1S/C17H24N2O2/c1-2-19(15-10-13-6-7-14(11-15)18-13)17(21)9-12-4-3-5-16(20)8-12/h3-5,8,13-15,18,20H,2,6-7,9-11H2,1H3. The van der Waals surface area contributed by atoms with Crippen molar-refractivity contribution in [2.24, 2.45) is 0 Å². The summed E-state index contributed by atoms with van der Waals surface area (Å²) in [5, 5.41) is 13.1. The topological polar surface area (TPSA) is 52.6 Å². The van der Waals surface area contributed by atoms with Crippen LogP contribution in [-0.4, -0.2) is 40.6 Å². The highest BCUT2D eigenvalue weighted by Crippen LogP contribution is 2.30. The summed E-state index contributed by atoms with van der Waals surface area (Å²) < 4.78 is 0. The molecule has 2 atom stereocenters. The zero-order valence-corrected chi connectivity index (χ0v) is 12.6. The van der Waals surface area contributed by atoms with Gasteiger partial charge in [0.2, 0.25) is 5.91 Å². The highest BCUT2D eigenvalue weighted by molar-refractivity contribution is 5.79. The van der Waals surface area contributed by atoms with E-state index in [4.69, 9.17) is 0 Å². The number of piperidine rings is 1. The molecule has 0 radical (unpaired) electrons. The highest BCUT2D eigenvalue weighted by Gasteiger charge is 2.36. The van der Waals surface area contributed by atoms with Crippen molar-refractivity contribution in [1.82, 2.24) is 10.2 Å². The van der Waals surface area contributed by atoms with Gasteiger partial charge in [-0.25, -0.2) is 0 Å². The summed E-state index contributed by atoms with van der Waals surface area (Å²) in [7, 11) is 0. The van der Waals surface area contributed by atoms with Crippen LogP contribution in [0, 0.1) is 0 Å². The number of carbonyl (C=O) groups is 1.